The fourth-order valence-corrected chi connectivity index (χ4v) is 4.52. The highest BCUT2D eigenvalue weighted by Gasteiger charge is 2.25. The Hall–Kier alpha value is -2.25. The molecule has 1 amide bonds. The minimum Gasteiger partial charge on any atom is -0.321 e. The molecule has 2 aromatic rings. The Morgan fingerprint density at radius 3 is 2.27 bits per heavy atom. The zero-order chi connectivity index (χ0) is 18.6. The number of nitrogens with zero attached hydrogens (tertiary/aromatic N) is 2. The molecule has 1 aromatic heterocycles. The average molecular weight is 373 g/mol. The van der Waals surface area contributed by atoms with Gasteiger partial charge < -0.3 is 5.32 Å². The van der Waals surface area contributed by atoms with Crippen LogP contribution in [0.3, 0.4) is 0 Å². The van der Waals surface area contributed by atoms with Crippen LogP contribution in [0.5, 0.6) is 0 Å². The number of nitrogens with one attached hydrogen (secondary N) is 1. The second kappa shape index (κ2) is 7.97. The third kappa shape index (κ3) is 4.28. The van der Waals surface area contributed by atoms with Crippen molar-refractivity contribution >= 4 is 21.6 Å². The lowest BCUT2D eigenvalue weighted by Crippen LogP contribution is -2.31. The number of aryl methyl sites for hydroxylation is 1. The Bertz CT molecular complexity index is 871. The number of aromatic nitrogens is 1. The number of pyridine rings is 1. The number of sulfonamides is 1. The van der Waals surface area contributed by atoms with Gasteiger partial charge in [0.1, 0.15) is 5.69 Å². The van der Waals surface area contributed by atoms with Gasteiger partial charge in [0.2, 0.25) is 10.0 Å². The highest BCUT2D eigenvalue weighted by Crippen LogP contribution is 2.22. The lowest BCUT2D eigenvalue weighted by molar-refractivity contribution is 0.102. The molecule has 26 heavy (non-hydrogen) atoms. The predicted octanol–water partition coefficient (Wildman–Crippen LogP) is 3.21. The maximum absolute atomic E-state index is 12.8. The van der Waals surface area contributed by atoms with Crippen molar-refractivity contribution in [1.82, 2.24) is 9.29 Å². The molecule has 1 aromatic carbocycles. The van der Waals surface area contributed by atoms with Crippen molar-refractivity contribution in [3.8, 4) is 0 Å². The van der Waals surface area contributed by atoms with Gasteiger partial charge in [0.05, 0.1) is 4.90 Å². The van der Waals surface area contributed by atoms with E-state index in [0.717, 1.165) is 31.4 Å². The summed E-state index contributed by atoms with van der Waals surface area (Å²) < 4.78 is 27.1. The quantitative estimate of drug-likeness (QED) is 0.892. The van der Waals surface area contributed by atoms with Crippen LogP contribution in [-0.2, 0) is 10.0 Å². The van der Waals surface area contributed by atoms with Crippen LogP contribution >= 0.6 is 0 Å². The van der Waals surface area contributed by atoms with Gasteiger partial charge in [-0.1, -0.05) is 18.9 Å². The predicted molar refractivity (Wildman–Crippen MR) is 101 cm³/mol. The molecule has 6 nitrogen and oxygen atoms in total. The van der Waals surface area contributed by atoms with E-state index >= 15 is 0 Å². The Kier molecular flexibility index (Phi) is 5.68. The molecular weight excluding hydrogens is 350 g/mol. The summed E-state index contributed by atoms with van der Waals surface area (Å²) in [5.41, 5.74) is 1.62. The van der Waals surface area contributed by atoms with E-state index in [4.69, 9.17) is 0 Å². The molecule has 3 rings (SSSR count). The summed E-state index contributed by atoms with van der Waals surface area (Å²) in [6.07, 6.45) is 3.95. The van der Waals surface area contributed by atoms with Gasteiger partial charge in [-0.25, -0.2) is 13.4 Å². The first-order valence-electron chi connectivity index (χ1n) is 8.82. The van der Waals surface area contributed by atoms with Gasteiger partial charge in [0.15, 0.2) is 0 Å². The topological polar surface area (TPSA) is 79.4 Å². The molecule has 0 saturated carbocycles. The van der Waals surface area contributed by atoms with E-state index in [9.17, 15) is 13.2 Å². The number of anilines is 1. The monoisotopic (exact) mass is 373 g/mol. The number of hydrogen-bond donors (Lipinski definition) is 1. The lowest BCUT2D eigenvalue weighted by Gasteiger charge is -2.20. The van der Waals surface area contributed by atoms with Crippen molar-refractivity contribution in [2.75, 3.05) is 18.4 Å². The Labute approximate surface area is 154 Å². The van der Waals surface area contributed by atoms with Crippen LogP contribution in [0.2, 0.25) is 0 Å². The summed E-state index contributed by atoms with van der Waals surface area (Å²) in [5, 5.41) is 2.74. The second-order valence-electron chi connectivity index (χ2n) is 6.46. The number of rotatable bonds is 4. The minimum absolute atomic E-state index is 0.256. The van der Waals surface area contributed by atoms with Crippen molar-refractivity contribution in [2.45, 2.75) is 37.5 Å². The highest BCUT2D eigenvalue weighted by molar-refractivity contribution is 7.89. The molecular formula is C19H23N3O3S. The summed E-state index contributed by atoms with van der Waals surface area (Å²) in [6.45, 7) is 2.96. The summed E-state index contributed by atoms with van der Waals surface area (Å²) in [6, 6.07) is 11.5. The standard InChI is InChI=1S/C19H23N3O3S/c1-15-7-6-8-18(20-15)19(23)21-16-9-11-17(12-10-16)26(24,25)22-13-4-2-3-5-14-22/h6-12H,2-5,13-14H2,1H3,(H,21,23). The number of amides is 1. The van der Waals surface area contributed by atoms with Crippen LogP contribution in [0.4, 0.5) is 5.69 Å². The summed E-state index contributed by atoms with van der Waals surface area (Å²) in [4.78, 5) is 16.7. The van der Waals surface area contributed by atoms with Crippen molar-refractivity contribution < 1.29 is 13.2 Å². The molecule has 1 N–H and O–H groups in total. The Morgan fingerprint density at radius 1 is 1.00 bits per heavy atom. The van der Waals surface area contributed by atoms with E-state index in [2.05, 4.69) is 10.3 Å². The molecule has 1 aliphatic rings. The first-order valence-corrected chi connectivity index (χ1v) is 10.3. The first-order chi connectivity index (χ1) is 12.5. The van der Waals surface area contributed by atoms with Crippen molar-refractivity contribution in [1.29, 1.82) is 0 Å². The van der Waals surface area contributed by atoms with Crippen molar-refractivity contribution in [3.63, 3.8) is 0 Å². The fraction of sp³-hybridized carbons (Fsp3) is 0.368. The fourth-order valence-electron chi connectivity index (χ4n) is 3.01. The molecule has 0 radical (unpaired) electrons. The molecule has 7 heteroatoms. The van der Waals surface area contributed by atoms with E-state index in [1.165, 1.54) is 0 Å². The van der Waals surface area contributed by atoms with E-state index in [-0.39, 0.29) is 10.8 Å². The maximum Gasteiger partial charge on any atom is 0.274 e. The average Bonchev–Trinajstić information content (AvgIpc) is 2.92. The molecule has 0 atom stereocenters. The number of carbonyl (C=O) groups is 1. The molecule has 1 fully saturated rings. The molecule has 0 unspecified atom stereocenters. The molecule has 2 heterocycles. The minimum atomic E-state index is -3.48. The zero-order valence-electron chi connectivity index (χ0n) is 14.8. The van der Waals surface area contributed by atoms with Crippen LogP contribution < -0.4 is 5.32 Å². The summed E-state index contributed by atoms with van der Waals surface area (Å²) in [7, 11) is -3.48. The molecule has 1 saturated heterocycles. The van der Waals surface area contributed by atoms with Gasteiger partial charge in [-0.05, 0) is 56.2 Å². The second-order valence-corrected chi connectivity index (χ2v) is 8.40. The van der Waals surface area contributed by atoms with Crippen molar-refractivity contribution in [3.05, 3.63) is 53.9 Å². The summed E-state index contributed by atoms with van der Waals surface area (Å²) in [5.74, 6) is -0.322. The van der Waals surface area contributed by atoms with Gasteiger partial charge in [-0.15, -0.1) is 0 Å². The first kappa shape index (κ1) is 18.5. The van der Waals surface area contributed by atoms with E-state index in [1.807, 2.05) is 13.0 Å². The molecule has 0 bridgehead atoms. The number of benzene rings is 1. The Morgan fingerprint density at radius 2 is 1.65 bits per heavy atom. The smallest absolute Gasteiger partial charge is 0.274 e. The van der Waals surface area contributed by atoms with Crippen LogP contribution in [0.1, 0.15) is 41.9 Å². The zero-order valence-corrected chi connectivity index (χ0v) is 15.6. The molecule has 138 valence electrons. The van der Waals surface area contributed by atoms with Gasteiger partial charge in [0, 0.05) is 24.5 Å². The largest absolute Gasteiger partial charge is 0.321 e. The maximum atomic E-state index is 12.8. The van der Waals surface area contributed by atoms with Gasteiger partial charge in [-0.2, -0.15) is 4.31 Å². The molecule has 0 aliphatic carbocycles. The highest BCUT2D eigenvalue weighted by atomic mass is 32.2. The SMILES string of the molecule is Cc1cccc(C(=O)Nc2ccc(S(=O)(=O)N3CCCCCC3)cc2)n1. The van der Waals surface area contributed by atoms with Gasteiger partial charge in [-0.3, -0.25) is 4.79 Å². The third-order valence-electron chi connectivity index (χ3n) is 4.44. The van der Waals surface area contributed by atoms with Crippen LogP contribution in [0.15, 0.2) is 47.4 Å². The van der Waals surface area contributed by atoms with Crippen LogP contribution in [0.25, 0.3) is 0 Å². The number of carbonyl (C=O) groups excluding carboxylic acids is 1. The van der Waals surface area contributed by atoms with E-state index < -0.39 is 10.0 Å². The van der Waals surface area contributed by atoms with Crippen LogP contribution in [-0.4, -0.2) is 36.7 Å². The molecule has 0 spiro atoms. The molecule has 1 aliphatic heterocycles. The van der Waals surface area contributed by atoms with E-state index in [0.29, 0.717) is 24.5 Å². The van der Waals surface area contributed by atoms with Gasteiger partial charge in [0.25, 0.3) is 5.91 Å². The lowest BCUT2D eigenvalue weighted by atomic mass is 10.2. The normalized spacial score (nSPS) is 16.0. The summed E-state index contributed by atoms with van der Waals surface area (Å²) >= 11 is 0. The number of hydrogen-bond acceptors (Lipinski definition) is 4. The third-order valence-corrected chi connectivity index (χ3v) is 6.35. The van der Waals surface area contributed by atoms with Crippen LogP contribution in [0, 0.1) is 6.92 Å². The Balaban J connectivity index is 1.72. The van der Waals surface area contributed by atoms with Crippen molar-refractivity contribution in [2.24, 2.45) is 0 Å². The van der Waals surface area contributed by atoms with E-state index in [1.54, 1.807) is 40.7 Å². The van der Waals surface area contributed by atoms with Gasteiger partial charge >= 0.3 is 0 Å².